The van der Waals surface area contributed by atoms with Gasteiger partial charge in [-0.2, -0.15) is 25.3 Å². The second kappa shape index (κ2) is 46.0. The molecular formula is C73H99N19O21S2. The van der Waals surface area contributed by atoms with Crippen LogP contribution in [0.2, 0.25) is 0 Å². The molecule has 42 heteroatoms. The first-order valence-electron chi connectivity index (χ1n) is 36.3. The van der Waals surface area contributed by atoms with Gasteiger partial charge in [0.15, 0.2) is 0 Å². The van der Waals surface area contributed by atoms with Crippen LogP contribution in [0.4, 0.5) is 0 Å². The average molecular weight is 1640 g/mol. The van der Waals surface area contributed by atoms with Crippen molar-refractivity contribution in [2.24, 2.45) is 28.9 Å². The number of thiol groups is 2. The van der Waals surface area contributed by atoms with E-state index in [4.69, 9.17) is 22.9 Å². The van der Waals surface area contributed by atoms with Crippen LogP contribution >= 0.6 is 25.3 Å². The Bertz CT molecular complexity index is 4350. The third-order valence-electron chi connectivity index (χ3n) is 17.7. The molecule has 0 radical (unpaired) electrons. The van der Waals surface area contributed by atoms with Crippen LogP contribution in [-0.2, 0) is 106 Å². The Morgan fingerprint density at radius 3 is 1.20 bits per heavy atom. The number of benzene rings is 3. The molecule has 0 bridgehead atoms. The van der Waals surface area contributed by atoms with Crippen LogP contribution in [0.5, 0.6) is 5.75 Å². The van der Waals surface area contributed by atoms with Gasteiger partial charge in [0.25, 0.3) is 0 Å². The van der Waals surface area contributed by atoms with E-state index in [1.807, 2.05) is 0 Å². The summed E-state index contributed by atoms with van der Waals surface area (Å²) in [5, 5.41) is 63.6. The summed E-state index contributed by atoms with van der Waals surface area (Å²) in [7, 11) is 0. The molecule has 40 nitrogen and oxygen atoms in total. The van der Waals surface area contributed by atoms with Crippen molar-refractivity contribution < 1.29 is 102 Å². The molecule has 0 unspecified atom stereocenters. The molecule has 2 aromatic heterocycles. The van der Waals surface area contributed by atoms with Crippen LogP contribution in [-0.4, -0.2) is 229 Å². The van der Waals surface area contributed by atoms with Gasteiger partial charge in [-0.05, 0) is 85.9 Å². The Kier molecular flexibility index (Phi) is 37.3. The Hall–Kier alpha value is -12.3. The molecule has 12 atom stereocenters. The van der Waals surface area contributed by atoms with Gasteiger partial charge >= 0.3 is 5.97 Å². The van der Waals surface area contributed by atoms with E-state index in [1.165, 1.54) is 30.5 Å². The van der Waals surface area contributed by atoms with E-state index < -0.39 is 249 Å². The number of rotatable bonds is 49. The molecule has 0 aliphatic heterocycles. The van der Waals surface area contributed by atoms with Crippen LogP contribution in [0.15, 0.2) is 85.2 Å². The van der Waals surface area contributed by atoms with Crippen molar-refractivity contribution in [3.8, 4) is 5.75 Å². The first-order valence-corrected chi connectivity index (χ1v) is 37.6. The highest BCUT2D eigenvalue weighted by atomic mass is 32.1. The van der Waals surface area contributed by atoms with Crippen LogP contribution in [0.1, 0.15) is 102 Å². The zero-order chi connectivity index (χ0) is 85.3. The van der Waals surface area contributed by atoms with Crippen molar-refractivity contribution >= 4 is 153 Å². The summed E-state index contributed by atoms with van der Waals surface area (Å²) in [6.07, 6.45) is -4.03. The molecule has 5 aromatic rings. The van der Waals surface area contributed by atoms with E-state index >= 15 is 9.59 Å². The number of carboxylic acids is 1. The van der Waals surface area contributed by atoms with Gasteiger partial charge in [-0.3, -0.25) is 86.3 Å². The predicted octanol–water partition coefficient (Wildman–Crippen LogP) is -5.60. The second-order valence-corrected chi connectivity index (χ2v) is 28.2. The summed E-state index contributed by atoms with van der Waals surface area (Å²) in [5.74, 6) is -20.1. The molecule has 0 fully saturated rings. The largest absolute Gasteiger partial charge is 0.508 e. The molecule has 2 heterocycles. The van der Waals surface area contributed by atoms with Crippen molar-refractivity contribution in [3.63, 3.8) is 0 Å². The van der Waals surface area contributed by atoms with E-state index in [9.17, 15) is 92.0 Å². The first-order chi connectivity index (χ1) is 54.4. The number of aromatic amines is 2. The fourth-order valence-corrected chi connectivity index (χ4v) is 12.1. The van der Waals surface area contributed by atoms with E-state index in [2.05, 4.69) is 104 Å². The van der Waals surface area contributed by atoms with Gasteiger partial charge in [0, 0.05) is 91.2 Å². The molecule has 115 heavy (non-hydrogen) atoms. The molecular weight excluding hydrogens is 1540 g/mol. The number of aliphatic hydroxyl groups excluding tert-OH is 1. The number of carboxylic acid groups (broad SMARTS) is 1. The van der Waals surface area contributed by atoms with Crippen molar-refractivity contribution in [3.05, 3.63) is 102 Å². The Balaban J connectivity index is 1.48. The number of aliphatic carboxylic acids is 1. The Morgan fingerprint density at radius 2 is 0.783 bits per heavy atom. The molecule has 3 aromatic carbocycles. The lowest BCUT2D eigenvalue weighted by atomic mass is 9.99. The van der Waals surface area contributed by atoms with E-state index in [-0.39, 0.29) is 43.1 Å². The number of hydrogen-bond donors (Lipinski definition) is 24. The number of fused-ring (bicyclic) bond motifs is 2. The van der Waals surface area contributed by atoms with Gasteiger partial charge in [-0.25, -0.2) is 0 Å². The highest BCUT2D eigenvalue weighted by Crippen LogP contribution is 2.23. The Morgan fingerprint density at radius 1 is 0.400 bits per heavy atom. The maximum atomic E-state index is 15.2. The number of carbonyl (C=O) groups is 18. The fraction of sp³-hybridized carbons (Fsp3) is 0.452. The lowest BCUT2D eigenvalue weighted by molar-refractivity contribution is -0.139. The standard InChI is InChI=1S/C73H99N19O21S2/c1-35(2)13-18-46(64(104)83-49(21-24-61(101)102)65(105)89-53(28-58(76)98)63(103)81-32-60(100)80-31-59(77)99)84-69(109)51(26-39-29-78-44-11-7-5-9-42(39)44)88-68(108)50(25-38-14-16-41(95)17-15-38)87-72(112)55(34-115)91-66(106)47(19-22-56(74)96)85-70(110)52(27-40-30-79-45-12-8-6-10-43(40)45)90-73(113)62(36(3)93)92-67(107)48(20-23-57(75)97)86-71(111)54(33-114)82-37(4)94/h5-12,14-17,29-30,35-36,46-55,62,78-79,93,95,114-115H,13,18-28,31-34H2,1-4H3,(H2,74,96)(H2,75,97)(H2,76,98)(H2,77,99)(H,80,100)(H,81,103)(H,82,94)(H,83,104)(H,84,109)(H,85,110)(H,86,111)(H,87,112)(H,88,108)(H,89,105)(H,90,113)(H,91,106)(H,92,107)(H,101,102)/t36-,46+,47+,48+,49+,50+,51+,52+,53+,54+,55+,62+/m1/s1. The zero-order valence-corrected chi connectivity index (χ0v) is 65.1. The number of primary amides is 4. The van der Waals surface area contributed by atoms with E-state index in [0.717, 1.165) is 13.8 Å². The molecule has 0 aliphatic rings. The van der Waals surface area contributed by atoms with Gasteiger partial charge in [-0.1, -0.05) is 62.4 Å². The summed E-state index contributed by atoms with van der Waals surface area (Å²) >= 11 is 8.44. The van der Waals surface area contributed by atoms with E-state index in [1.54, 1.807) is 68.6 Å². The van der Waals surface area contributed by atoms with Crippen molar-refractivity contribution in [1.29, 1.82) is 0 Å². The maximum absolute atomic E-state index is 15.2. The quantitative estimate of drug-likeness (QED) is 0.0161. The molecule has 0 saturated heterocycles. The fourth-order valence-electron chi connectivity index (χ4n) is 11.6. The average Bonchev–Trinajstić information content (AvgIpc) is 1.73. The second-order valence-electron chi connectivity index (χ2n) is 27.4. The monoisotopic (exact) mass is 1640 g/mol. The van der Waals surface area contributed by atoms with Crippen molar-refractivity contribution in [1.82, 2.24) is 79.1 Å². The third-order valence-corrected chi connectivity index (χ3v) is 18.4. The van der Waals surface area contributed by atoms with Crippen molar-refractivity contribution in [2.75, 3.05) is 24.6 Å². The lowest BCUT2D eigenvalue weighted by Crippen LogP contribution is -2.62. The van der Waals surface area contributed by atoms with Crippen LogP contribution in [0, 0.1) is 5.92 Å². The topological polar surface area (TPSA) is 660 Å². The van der Waals surface area contributed by atoms with Gasteiger partial charge < -0.3 is 117 Å². The van der Waals surface area contributed by atoms with Gasteiger partial charge in [0.1, 0.15) is 72.2 Å². The number of carbonyl (C=O) groups excluding carboxylic acids is 17. The summed E-state index contributed by atoms with van der Waals surface area (Å²) in [6, 6.07) is 0.378. The number of phenolic OH excluding ortho intramolecular Hbond substituents is 1. The SMILES string of the molecule is CC(=O)N[C@@H](CS)C(=O)N[C@@H](CCC(N)=O)C(=O)N[C@H](C(=O)N[C@@H](Cc1c[nH]c2ccccc12)C(=O)N[C@@H](CCC(N)=O)C(=O)N[C@@H](CS)C(=O)N[C@@H](Cc1ccc(O)cc1)C(=O)N[C@@H](Cc1c[nH]c2ccccc12)C(=O)N[C@@H](CCC(C)C)C(=O)N[C@@H](CCC(=O)O)C(=O)N[C@@H](CC(N)=O)C(=O)NCC(=O)NCC(N)=O)[C@@H](C)O. The zero-order valence-electron chi connectivity index (χ0n) is 63.3. The summed E-state index contributed by atoms with van der Waals surface area (Å²) in [6.45, 7) is 4.44. The van der Waals surface area contributed by atoms with Crippen LogP contribution in [0.25, 0.3) is 21.8 Å². The molecule has 0 saturated carbocycles. The number of nitrogens with one attached hydrogen (secondary N) is 15. The van der Waals surface area contributed by atoms with Gasteiger partial charge in [0.05, 0.1) is 25.6 Å². The molecule has 26 N–H and O–H groups in total. The van der Waals surface area contributed by atoms with Crippen LogP contribution in [0.3, 0.4) is 0 Å². The first kappa shape index (κ1) is 93.3. The molecule has 0 spiro atoms. The number of hydrogen-bond acceptors (Lipinski definition) is 22. The minimum Gasteiger partial charge on any atom is -0.508 e. The molecule has 0 aliphatic carbocycles. The number of amides is 17. The number of para-hydroxylation sites is 2. The minimum atomic E-state index is -1.92. The molecule has 624 valence electrons. The maximum Gasteiger partial charge on any atom is 0.303 e. The van der Waals surface area contributed by atoms with Gasteiger partial charge in [0.2, 0.25) is 100 Å². The number of H-pyrrole nitrogens is 2. The van der Waals surface area contributed by atoms with Gasteiger partial charge in [-0.15, -0.1) is 0 Å². The highest BCUT2D eigenvalue weighted by Gasteiger charge is 2.39. The molecule has 5 rings (SSSR count). The summed E-state index contributed by atoms with van der Waals surface area (Å²) < 4.78 is 0. The summed E-state index contributed by atoms with van der Waals surface area (Å²) in [5.41, 5.74) is 23.7. The smallest absolute Gasteiger partial charge is 0.303 e. The number of nitrogens with two attached hydrogens (primary N) is 4. The number of aliphatic hydroxyl groups is 1. The minimum absolute atomic E-state index is 0.153. The predicted molar refractivity (Wildman–Crippen MR) is 419 cm³/mol. The summed E-state index contributed by atoms with van der Waals surface area (Å²) in [4.78, 5) is 248. The molecule has 17 amide bonds. The number of aromatic hydroxyl groups is 1. The van der Waals surface area contributed by atoms with E-state index in [0.29, 0.717) is 38.5 Å². The highest BCUT2D eigenvalue weighted by molar-refractivity contribution is 7.80. The lowest BCUT2D eigenvalue weighted by Gasteiger charge is -2.29. The Labute approximate surface area is 669 Å². The number of aromatic nitrogens is 2. The van der Waals surface area contributed by atoms with Crippen LogP contribution < -0.4 is 92.1 Å². The number of phenols is 1. The normalized spacial score (nSPS) is 14.2. The third kappa shape index (κ3) is 31.3. The van der Waals surface area contributed by atoms with Crippen molar-refractivity contribution in [2.45, 2.75) is 177 Å².